The molecular weight excluding hydrogens is 180 g/mol. The van der Waals surface area contributed by atoms with Crippen LogP contribution in [-0.4, -0.2) is 0 Å². The largest absolute Gasteiger partial charge is 0.0628 e. The Labute approximate surface area is 97.8 Å². The van der Waals surface area contributed by atoms with Gasteiger partial charge in [-0.1, -0.05) is 79.6 Å². The fourth-order valence-corrected chi connectivity index (χ4v) is 2.06. The Balaban J connectivity index is 3.22. The summed E-state index contributed by atoms with van der Waals surface area (Å²) in [7, 11) is 0. The Morgan fingerprint density at radius 3 is 1.47 bits per heavy atom. The van der Waals surface area contributed by atoms with Gasteiger partial charge in [0.2, 0.25) is 0 Å². The molecule has 0 spiro atoms. The second kappa shape index (κ2) is 9.24. The van der Waals surface area contributed by atoms with Gasteiger partial charge in [0.15, 0.2) is 0 Å². The summed E-state index contributed by atoms with van der Waals surface area (Å²) in [4.78, 5) is 0. The Morgan fingerprint density at radius 2 is 0.933 bits per heavy atom. The van der Waals surface area contributed by atoms with E-state index in [1.807, 2.05) is 0 Å². The molecule has 0 aliphatic rings. The summed E-state index contributed by atoms with van der Waals surface area (Å²) in [5.74, 6) is 2.73. The fraction of sp³-hybridized carbons (Fsp3) is 1.00. The van der Waals surface area contributed by atoms with Crippen molar-refractivity contribution in [2.24, 2.45) is 17.8 Å². The summed E-state index contributed by atoms with van der Waals surface area (Å²) in [5.41, 5.74) is 0. The zero-order valence-electron chi connectivity index (χ0n) is 11.7. The van der Waals surface area contributed by atoms with Gasteiger partial charge in [0.25, 0.3) is 0 Å². The second-order valence-corrected chi connectivity index (χ2v) is 6.11. The minimum Gasteiger partial charge on any atom is -0.0628 e. The molecule has 92 valence electrons. The van der Waals surface area contributed by atoms with Crippen LogP contribution in [0.1, 0.15) is 79.6 Å². The third-order valence-electron chi connectivity index (χ3n) is 3.21. The molecule has 0 aromatic carbocycles. The van der Waals surface area contributed by atoms with Gasteiger partial charge in [0, 0.05) is 0 Å². The van der Waals surface area contributed by atoms with E-state index in [2.05, 4.69) is 34.6 Å². The molecule has 0 aromatic rings. The molecule has 1 unspecified atom stereocenters. The predicted octanol–water partition coefficient (Wildman–Crippen LogP) is 5.67. The molecule has 0 saturated carbocycles. The van der Waals surface area contributed by atoms with Gasteiger partial charge < -0.3 is 0 Å². The number of hydrogen-bond donors (Lipinski definition) is 0. The average Bonchev–Trinajstić information content (AvgIpc) is 2.11. The maximum absolute atomic E-state index is 2.43. The molecule has 0 nitrogen and oxygen atoms in total. The molecule has 0 fully saturated rings. The molecule has 0 N–H and O–H groups in total. The quantitative estimate of drug-likeness (QED) is 0.432. The maximum Gasteiger partial charge on any atom is -0.0443 e. The highest BCUT2D eigenvalue weighted by Crippen LogP contribution is 2.18. The highest BCUT2D eigenvalue weighted by molar-refractivity contribution is 4.56. The van der Waals surface area contributed by atoms with Gasteiger partial charge in [0.1, 0.15) is 0 Å². The van der Waals surface area contributed by atoms with Crippen LogP contribution in [0.25, 0.3) is 0 Å². The summed E-state index contributed by atoms with van der Waals surface area (Å²) in [6, 6.07) is 0. The number of rotatable bonds is 9. The van der Waals surface area contributed by atoms with Crippen molar-refractivity contribution in [3.8, 4) is 0 Å². The molecule has 0 rings (SSSR count). The van der Waals surface area contributed by atoms with Crippen LogP contribution in [0, 0.1) is 17.8 Å². The molecular formula is C15H32. The summed E-state index contributed by atoms with van der Waals surface area (Å²) in [6.45, 7) is 11.7. The molecule has 0 aliphatic heterocycles. The van der Waals surface area contributed by atoms with E-state index >= 15 is 0 Å². The minimum atomic E-state index is 0.887. The average molecular weight is 212 g/mol. The van der Waals surface area contributed by atoms with Crippen LogP contribution in [-0.2, 0) is 0 Å². The van der Waals surface area contributed by atoms with Crippen LogP contribution >= 0.6 is 0 Å². The molecule has 0 heterocycles. The summed E-state index contributed by atoms with van der Waals surface area (Å²) >= 11 is 0. The van der Waals surface area contributed by atoms with Crippen molar-refractivity contribution in [1.29, 1.82) is 0 Å². The first-order valence-corrected chi connectivity index (χ1v) is 7.02. The normalized spacial score (nSPS) is 13.8. The molecule has 0 amide bonds. The van der Waals surface area contributed by atoms with E-state index in [9.17, 15) is 0 Å². The van der Waals surface area contributed by atoms with Crippen LogP contribution in [0.2, 0.25) is 0 Å². The van der Waals surface area contributed by atoms with Crippen LogP contribution in [0.15, 0.2) is 0 Å². The topological polar surface area (TPSA) is 0 Å². The highest BCUT2D eigenvalue weighted by atomic mass is 14.1. The standard InChI is InChI=1S/C15H32/c1-13(2)9-6-7-11-15(5)12-8-10-14(3)4/h13-15H,6-12H2,1-5H3. The zero-order chi connectivity index (χ0) is 11.7. The van der Waals surface area contributed by atoms with Crippen molar-refractivity contribution in [3.05, 3.63) is 0 Å². The van der Waals surface area contributed by atoms with Gasteiger partial charge in [0.05, 0.1) is 0 Å². The lowest BCUT2D eigenvalue weighted by Crippen LogP contribution is -1.97. The van der Waals surface area contributed by atoms with Gasteiger partial charge in [-0.2, -0.15) is 0 Å². The Hall–Kier alpha value is 0. The van der Waals surface area contributed by atoms with Crippen molar-refractivity contribution >= 4 is 0 Å². The molecule has 0 saturated heterocycles. The van der Waals surface area contributed by atoms with Crippen molar-refractivity contribution in [1.82, 2.24) is 0 Å². The summed E-state index contributed by atoms with van der Waals surface area (Å²) in [5, 5.41) is 0. The Kier molecular flexibility index (Phi) is 9.24. The summed E-state index contributed by atoms with van der Waals surface area (Å²) < 4.78 is 0. The van der Waals surface area contributed by atoms with E-state index < -0.39 is 0 Å². The van der Waals surface area contributed by atoms with Gasteiger partial charge in [-0.15, -0.1) is 0 Å². The molecule has 0 heteroatoms. The number of hydrogen-bond acceptors (Lipinski definition) is 0. The molecule has 1 atom stereocenters. The smallest absolute Gasteiger partial charge is 0.0443 e. The predicted molar refractivity (Wildman–Crippen MR) is 71.2 cm³/mol. The van der Waals surface area contributed by atoms with E-state index in [1.54, 1.807) is 0 Å². The van der Waals surface area contributed by atoms with E-state index in [-0.39, 0.29) is 0 Å². The van der Waals surface area contributed by atoms with E-state index in [4.69, 9.17) is 0 Å². The van der Waals surface area contributed by atoms with Crippen molar-refractivity contribution in [2.75, 3.05) is 0 Å². The number of unbranched alkanes of at least 4 members (excludes halogenated alkanes) is 1. The molecule has 0 bridgehead atoms. The van der Waals surface area contributed by atoms with E-state index in [1.165, 1.54) is 44.9 Å². The van der Waals surface area contributed by atoms with E-state index in [0.717, 1.165) is 17.8 Å². The second-order valence-electron chi connectivity index (χ2n) is 6.11. The minimum absolute atomic E-state index is 0.887. The first-order chi connectivity index (χ1) is 7.02. The molecule has 0 radical (unpaired) electrons. The van der Waals surface area contributed by atoms with Gasteiger partial charge >= 0.3 is 0 Å². The first-order valence-electron chi connectivity index (χ1n) is 7.02. The highest BCUT2D eigenvalue weighted by Gasteiger charge is 2.03. The third kappa shape index (κ3) is 11.9. The first kappa shape index (κ1) is 15.0. The Morgan fingerprint density at radius 1 is 0.533 bits per heavy atom. The lowest BCUT2D eigenvalue weighted by atomic mass is 9.94. The monoisotopic (exact) mass is 212 g/mol. The molecule has 0 aromatic heterocycles. The van der Waals surface area contributed by atoms with Crippen molar-refractivity contribution in [3.63, 3.8) is 0 Å². The van der Waals surface area contributed by atoms with E-state index in [0.29, 0.717) is 0 Å². The van der Waals surface area contributed by atoms with Gasteiger partial charge in [-0.3, -0.25) is 0 Å². The zero-order valence-corrected chi connectivity index (χ0v) is 11.7. The summed E-state index contributed by atoms with van der Waals surface area (Å²) in [6.07, 6.45) is 10.0. The SMILES string of the molecule is CC(C)CCCCC(C)CCCC(C)C. The molecule has 15 heavy (non-hydrogen) atoms. The van der Waals surface area contributed by atoms with Crippen molar-refractivity contribution < 1.29 is 0 Å². The van der Waals surface area contributed by atoms with Gasteiger partial charge in [-0.25, -0.2) is 0 Å². The Bertz CT molecular complexity index is 124. The third-order valence-corrected chi connectivity index (χ3v) is 3.21. The van der Waals surface area contributed by atoms with Gasteiger partial charge in [-0.05, 0) is 17.8 Å². The van der Waals surface area contributed by atoms with Crippen LogP contribution in [0.3, 0.4) is 0 Å². The molecule has 0 aliphatic carbocycles. The van der Waals surface area contributed by atoms with Crippen molar-refractivity contribution in [2.45, 2.75) is 79.6 Å². The van der Waals surface area contributed by atoms with Crippen LogP contribution in [0.4, 0.5) is 0 Å². The van der Waals surface area contributed by atoms with Crippen LogP contribution in [0.5, 0.6) is 0 Å². The van der Waals surface area contributed by atoms with Crippen LogP contribution < -0.4 is 0 Å². The maximum atomic E-state index is 2.43. The lowest BCUT2D eigenvalue weighted by Gasteiger charge is -2.12. The fourth-order valence-electron chi connectivity index (χ4n) is 2.06. The lowest BCUT2D eigenvalue weighted by molar-refractivity contribution is 0.411.